The van der Waals surface area contributed by atoms with Gasteiger partial charge in [-0.1, -0.05) is 68.6 Å². The van der Waals surface area contributed by atoms with E-state index in [2.05, 4.69) is 22.5 Å². The van der Waals surface area contributed by atoms with E-state index < -0.39 is 6.09 Å². The van der Waals surface area contributed by atoms with Crippen LogP contribution in [0.15, 0.2) is 48.8 Å². The number of aromatic nitrogens is 1. The van der Waals surface area contributed by atoms with Gasteiger partial charge in [0, 0.05) is 35.3 Å². The minimum absolute atomic E-state index is 0.482. The Balaban J connectivity index is 1.31. The smallest absolute Gasteiger partial charge is 0.399 e. The number of hydrogen-bond acceptors (Lipinski definition) is 5. The molecule has 1 unspecified atom stereocenters. The molecule has 0 radical (unpaired) electrons. The highest BCUT2D eigenvalue weighted by Crippen LogP contribution is 2.32. The number of nitrogens with one attached hydrogen (secondary N) is 2. The van der Waals surface area contributed by atoms with Crippen LogP contribution in [0.25, 0.3) is 10.1 Å². The largest absolute Gasteiger partial charge is 0.417 e. The maximum absolute atomic E-state index is 12.4. The number of pyridine rings is 1. The summed E-state index contributed by atoms with van der Waals surface area (Å²) >= 11 is 1.46. The molecule has 1 aromatic carbocycles. The van der Waals surface area contributed by atoms with Crippen LogP contribution in [-0.2, 0) is 6.54 Å². The molecule has 1 atom stereocenters. The van der Waals surface area contributed by atoms with Crippen LogP contribution in [-0.4, -0.2) is 17.6 Å². The molecule has 6 heteroatoms. The van der Waals surface area contributed by atoms with E-state index in [1.165, 1.54) is 43.4 Å². The van der Waals surface area contributed by atoms with Crippen molar-refractivity contribution in [3.63, 3.8) is 0 Å². The first-order chi connectivity index (χ1) is 14.7. The summed E-state index contributed by atoms with van der Waals surface area (Å²) in [4.78, 5) is 16.7. The van der Waals surface area contributed by atoms with Gasteiger partial charge in [0.1, 0.15) is 0 Å². The van der Waals surface area contributed by atoms with Crippen molar-refractivity contribution in [2.45, 2.75) is 45.6 Å². The van der Waals surface area contributed by atoms with E-state index in [1.807, 2.05) is 36.4 Å². The Morgan fingerprint density at radius 1 is 1.23 bits per heavy atom. The van der Waals surface area contributed by atoms with Gasteiger partial charge in [-0.15, -0.1) is 0 Å². The fraction of sp³-hybridized carbons (Fsp3) is 0.417. The van der Waals surface area contributed by atoms with Gasteiger partial charge in [-0.05, 0) is 35.9 Å². The van der Waals surface area contributed by atoms with Gasteiger partial charge in [0.05, 0.1) is 5.69 Å². The minimum atomic E-state index is -0.482. The summed E-state index contributed by atoms with van der Waals surface area (Å²) in [5.41, 5.74) is 1.69. The minimum Gasteiger partial charge on any atom is -0.399 e. The average molecular weight is 424 g/mol. The lowest BCUT2D eigenvalue weighted by atomic mass is 9.81. The molecule has 5 nitrogen and oxygen atoms in total. The van der Waals surface area contributed by atoms with Crippen LogP contribution in [0.3, 0.4) is 0 Å². The second kappa shape index (κ2) is 10.0. The molecule has 3 aromatic rings. The Bertz CT molecular complexity index is 948. The molecule has 30 heavy (non-hydrogen) atoms. The van der Waals surface area contributed by atoms with E-state index in [0.29, 0.717) is 17.5 Å². The van der Waals surface area contributed by atoms with Crippen molar-refractivity contribution in [1.82, 2.24) is 10.3 Å². The Morgan fingerprint density at radius 3 is 2.90 bits per heavy atom. The molecule has 1 aliphatic carbocycles. The summed E-state index contributed by atoms with van der Waals surface area (Å²) in [6, 6.07) is 11.7. The first-order valence-corrected chi connectivity index (χ1v) is 11.6. The van der Waals surface area contributed by atoms with E-state index in [4.69, 9.17) is 4.74 Å². The number of benzene rings is 1. The molecule has 0 spiro atoms. The Hall–Kier alpha value is -2.44. The van der Waals surface area contributed by atoms with Crippen molar-refractivity contribution in [3.8, 4) is 5.06 Å². The maximum Gasteiger partial charge on any atom is 0.417 e. The Morgan fingerprint density at radius 2 is 2.07 bits per heavy atom. The molecule has 158 valence electrons. The van der Waals surface area contributed by atoms with Crippen LogP contribution < -0.4 is 15.4 Å². The second-order valence-corrected chi connectivity index (χ2v) is 9.20. The predicted octanol–water partition coefficient (Wildman–Crippen LogP) is 6.21. The molecule has 2 N–H and O–H groups in total. The van der Waals surface area contributed by atoms with Crippen molar-refractivity contribution in [1.29, 1.82) is 0 Å². The average Bonchev–Trinajstić information content (AvgIpc) is 3.17. The second-order valence-electron chi connectivity index (χ2n) is 8.16. The van der Waals surface area contributed by atoms with E-state index in [-0.39, 0.29) is 0 Å². The molecule has 1 saturated carbocycles. The third kappa shape index (κ3) is 5.37. The number of amides is 1. The summed E-state index contributed by atoms with van der Waals surface area (Å²) in [6.07, 6.45) is 9.83. The molecule has 0 saturated heterocycles. The first-order valence-electron chi connectivity index (χ1n) is 10.8. The zero-order valence-electron chi connectivity index (χ0n) is 17.4. The van der Waals surface area contributed by atoms with Crippen LogP contribution in [0.2, 0.25) is 0 Å². The van der Waals surface area contributed by atoms with E-state index in [0.717, 1.165) is 33.8 Å². The molecular weight excluding hydrogens is 394 g/mol. The predicted molar refractivity (Wildman–Crippen MR) is 123 cm³/mol. The van der Waals surface area contributed by atoms with Crippen molar-refractivity contribution in [2.75, 3.05) is 11.9 Å². The molecule has 2 heterocycles. The number of carbonyl (C=O) groups is 1. The fourth-order valence-electron chi connectivity index (χ4n) is 4.23. The van der Waals surface area contributed by atoms with Crippen molar-refractivity contribution in [2.24, 2.45) is 11.8 Å². The molecule has 0 aliphatic heterocycles. The molecule has 1 amide bonds. The highest BCUT2D eigenvalue weighted by Gasteiger charge is 2.19. The van der Waals surface area contributed by atoms with Crippen LogP contribution in [0.1, 0.15) is 44.6 Å². The summed E-state index contributed by atoms with van der Waals surface area (Å²) in [5.74, 6) is 1.49. The maximum atomic E-state index is 12.4. The molecule has 0 bridgehead atoms. The van der Waals surface area contributed by atoms with Gasteiger partial charge < -0.3 is 10.1 Å². The van der Waals surface area contributed by atoms with Gasteiger partial charge >= 0.3 is 6.09 Å². The third-order valence-electron chi connectivity index (χ3n) is 5.97. The molecule has 2 aromatic heterocycles. The van der Waals surface area contributed by atoms with Gasteiger partial charge in [0.2, 0.25) is 0 Å². The molecular formula is C24H29N3O2S. The highest BCUT2D eigenvalue weighted by molar-refractivity contribution is 7.20. The third-order valence-corrected chi connectivity index (χ3v) is 6.97. The van der Waals surface area contributed by atoms with Crippen LogP contribution in [0.5, 0.6) is 5.06 Å². The van der Waals surface area contributed by atoms with Crippen LogP contribution in [0.4, 0.5) is 10.5 Å². The normalized spacial score (nSPS) is 15.8. The standard InChI is InChI=1S/C24H29N3O2S/c1-17(18-7-3-2-4-8-18)14-26-16-20-15-25-12-11-21(20)27-24(28)29-23-13-19-9-5-6-10-22(19)30-23/h5-6,9-13,15,17-18,26H,2-4,7-8,14,16H2,1H3,(H,25,27,28). The Kier molecular flexibility index (Phi) is 6.97. The topological polar surface area (TPSA) is 63.2 Å². The monoisotopic (exact) mass is 423 g/mol. The Labute approximate surface area is 181 Å². The lowest BCUT2D eigenvalue weighted by Gasteiger charge is -2.27. The highest BCUT2D eigenvalue weighted by atomic mass is 32.1. The number of thiophene rings is 1. The van der Waals surface area contributed by atoms with Gasteiger partial charge in [0.15, 0.2) is 5.06 Å². The van der Waals surface area contributed by atoms with Gasteiger partial charge in [0.25, 0.3) is 0 Å². The van der Waals surface area contributed by atoms with E-state index in [9.17, 15) is 4.79 Å². The SMILES string of the molecule is CC(CNCc1cnccc1NC(=O)Oc1cc2ccccc2s1)C1CCCCC1. The number of fused-ring (bicyclic) bond motifs is 1. The number of ether oxygens (including phenoxy) is 1. The molecule has 1 fully saturated rings. The number of carbonyl (C=O) groups excluding carboxylic acids is 1. The number of nitrogens with zero attached hydrogens (tertiary/aromatic N) is 1. The lowest BCUT2D eigenvalue weighted by molar-refractivity contribution is 0.216. The summed E-state index contributed by atoms with van der Waals surface area (Å²) in [5, 5.41) is 8.08. The lowest BCUT2D eigenvalue weighted by Crippen LogP contribution is -2.28. The van der Waals surface area contributed by atoms with Crippen molar-refractivity contribution < 1.29 is 9.53 Å². The van der Waals surface area contributed by atoms with Gasteiger partial charge in [-0.25, -0.2) is 4.79 Å². The van der Waals surface area contributed by atoms with E-state index >= 15 is 0 Å². The zero-order chi connectivity index (χ0) is 20.8. The van der Waals surface area contributed by atoms with Crippen LogP contribution in [0, 0.1) is 11.8 Å². The van der Waals surface area contributed by atoms with Crippen molar-refractivity contribution >= 4 is 33.2 Å². The summed E-state index contributed by atoms with van der Waals surface area (Å²) < 4.78 is 6.61. The summed E-state index contributed by atoms with van der Waals surface area (Å²) in [7, 11) is 0. The zero-order valence-corrected chi connectivity index (χ0v) is 18.2. The molecule has 1 aliphatic rings. The van der Waals surface area contributed by atoms with Gasteiger partial charge in [-0.2, -0.15) is 0 Å². The quantitative estimate of drug-likeness (QED) is 0.474. The fourth-order valence-corrected chi connectivity index (χ4v) is 5.14. The van der Waals surface area contributed by atoms with Gasteiger partial charge in [-0.3, -0.25) is 10.3 Å². The summed E-state index contributed by atoms with van der Waals surface area (Å²) in [6.45, 7) is 3.99. The van der Waals surface area contributed by atoms with Crippen LogP contribution >= 0.6 is 11.3 Å². The van der Waals surface area contributed by atoms with Crippen molar-refractivity contribution in [3.05, 3.63) is 54.4 Å². The first kappa shape index (κ1) is 20.8. The number of rotatable bonds is 7. The number of hydrogen-bond donors (Lipinski definition) is 2. The molecule has 4 rings (SSSR count). The van der Waals surface area contributed by atoms with E-state index in [1.54, 1.807) is 12.4 Å². The number of anilines is 1.